The Labute approximate surface area is 157 Å². The molecule has 2 rings (SSSR count). The summed E-state index contributed by atoms with van der Waals surface area (Å²) >= 11 is 1.41. The van der Waals surface area contributed by atoms with Crippen LogP contribution in [0, 0.1) is 5.92 Å². The number of hydrogen-bond donors (Lipinski definition) is 1. The fraction of sp³-hybridized carbons (Fsp3) is 0.526. The average Bonchev–Trinajstić information content (AvgIpc) is 2.91. The van der Waals surface area contributed by atoms with Crippen LogP contribution >= 0.6 is 11.3 Å². The Balaban J connectivity index is 2.23. The summed E-state index contributed by atoms with van der Waals surface area (Å²) in [7, 11) is 0. The molecule has 1 amide bonds. The summed E-state index contributed by atoms with van der Waals surface area (Å²) in [5.74, 6) is -0.936. The maximum Gasteiger partial charge on any atom is 0.341 e. The summed E-state index contributed by atoms with van der Waals surface area (Å²) in [5, 5.41) is 3.22. The van der Waals surface area contributed by atoms with Crippen LogP contribution in [0.4, 0.5) is 5.00 Å². The van der Waals surface area contributed by atoms with Crippen molar-refractivity contribution in [2.24, 2.45) is 5.92 Å². The van der Waals surface area contributed by atoms with Gasteiger partial charge in [-0.05, 0) is 51.5 Å². The number of carbonyl (C=O) groups is 3. The summed E-state index contributed by atoms with van der Waals surface area (Å²) in [6, 6.07) is 0. The zero-order chi connectivity index (χ0) is 19.3. The van der Waals surface area contributed by atoms with E-state index in [1.165, 1.54) is 24.3 Å². The highest BCUT2D eigenvalue weighted by molar-refractivity contribution is 7.17. The van der Waals surface area contributed by atoms with Crippen LogP contribution < -0.4 is 5.32 Å². The molecule has 1 N–H and O–H groups in total. The first-order valence-corrected chi connectivity index (χ1v) is 9.64. The highest BCUT2D eigenvalue weighted by atomic mass is 32.1. The van der Waals surface area contributed by atoms with E-state index in [9.17, 15) is 14.4 Å². The van der Waals surface area contributed by atoms with Crippen molar-refractivity contribution < 1.29 is 23.9 Å². The molecule has 1 aliphatic carbocycles. The number of thiophene rings is 1. The molecule has 0 aromatic carbocycles. The van der Waals surface area contributed by atoms with E-state index in [-0.39, 0.29) is 6.61 Å². The molecular formula is C19H25NO5S. The third-order valence-electron chi connectivity index (χ3n) is 4.19. The Morgan fingerprint density at radius 2 is 2.12 bits per heavy atom. The third kappa shape index (κ3) is 4.72. The minimum Gasteiger partial charge on any atom is -0.462 e. The standard InChI is InChI=1S/C19H25NO5S/c1-5-7-15(21)25-12(4)17(22)20-18-16(19(23)24-6-2)13-9-8-11(3)10-14(13)26-18/h5,7,11-12H,6,8-10H2,1-4H3,(H,20,22)/b7-5+/t11-,12+/m1/s1. The van der Waals surface area contributed by atoms with Crippen molar-refractivity contribution in [3.63, 3.8) is 0 Å². The number of amides is 1. The summed E-state index contributed by atoms with van der Waals surface area (Å²) in [6.45, 7) is 7.38. The van der Waals surface area contributed by atoms with E-state index in [4.69, 9.17) is 9.47 Å². The van der Waals surface area contributed by atoms with Gasteiger partial charge in [-0.3, -0.25) is 4.79 Å². The fourth-order valence-electron chi connectivity index (χ4n) is 2.87. The van der Waals surface area contributed by atoms with Gasteiger partial charge in [-0.15, -0.1) is 11.3 Å². The van der Waals surface area contributed by atoms with Gasteiger partial charge in [0.2, 0.25) is 0 Å². The van der Waals surface area contributed by atoms with E-state index in [0.717, 1.165) is 29.7 Å². The Morgan fingerprint density at radius 1 is 1.38 bits per heavy atom. The molecular weight excluding hydrogens is 354 g/mol. The number of fused-ring (bicyclic) bond motifs is 1. The molecule has 0 bridgehead atoms. The minimum atomic E-state index is -0.966. The fourth-order valence-corrected chi connectivity index (χ4v) is 4.28. The number of allylic oxidation sites excluding steroid dienone is 1. The van der Waals surface area contributed by atoms with Gasteiger partial charge in [0.1, 0.15) is 5.00 Å². The first kappa shape index (κ1) is 20.2. The molecule has 1 aliphatic rings. The van der Waals surface area contributed by atoms with Crippen molar-refractivity contribution in [3.05, 3.63) is 28.2 Å². The summed E-state index contributed by atoms with van der Waals surface area (Å²) < 4.78 is 10.2. The van der Waals surface area contributed by atoms with Crippen LogP contribution in [0.3, 0.4) is 0 Å². The second kappa shape index (κ2) is 8.98. The van der Waals surface area contributed by atoms with Crippen LogP contribution in [-0.4, -0.2) is 30.6 Å². The van der Waals surface area contributed by atoms with E-state index < -0.39 is 23.9 Å². The van der Waals surface area contributed by atoms with Gasteiger partial charge >= 0.3 is 11.9 Å². The Hall–Kier alpha value is -2.15. The molecule has 0 unspecified atom stereocenters. The smallest absolute Gasteiger partial charge is 0.341 e. The molecule has 0 aliphatic heterocycles. The van der Waals surface area contributed by atoms with Gasteiger partial charge < -0.3 is 14.8 Å². The Bertz CT molecular complexity index is 722. The Kier molecular flexibility index (Phi) is 6.97. The van der Waals surface area contributed by atoms with Crippen molar-refractivity contribution in [1.29, 1.82) is 0 Å². The third-order valence-corrected chi connectivity index (χ3v) is 5.36. The van der Waals surface area contributed by atoms with Gasteiger partial charge in [0, 0.05) is 11.0 Å². The van der Waals surface area contributed by atoms with Crippen molar-refractivity contribution >= 4 is 34.2 Å². The molecule has 142 valence electrons. The quantitative estimate of drug-likeness (QED) is 0.604. The molecule has 0 saturated carbocycles. The molecule has 7 heteroatoms. The second-order valence-corrected chi connectivity index (χ2v) is 7.45. The van der Waals surface area contributed by atoms with Crippen LogP contribution in [0.1, 0.15) is 54.9 Å². The van der Waals surface area contributed by atoms with Crippen molar-refractivity contribution in [1.82, 2.24) is 0 Å². The number of esters is 2. The van der Waals surface area contributed by atoms with Crippen LogP contribution in [0.2, 0.25) is 0 Å². The minimum absolute atomic E-state index is 0.268. The molecule has 0 spiro atoms. The van der Waals surface area contributed by atoms with Gasteiger partial charge in [0.05, 0.1) is 12.2 Å². The molecule has 1 heterocycles. The lowest BCUT2D eigenvalue weighted by atomic mass is 9.88. The molecule has 0 radical (unpaired) electrons. The first-order chi connectivity index (χ1) is 12.4. The molecule has 0 fully saturated rings. The average molecular weight is 379 g/mol. The van der Waals surface area contributed by atoms with Gasteiger partial charge in [-0.2, -0.15) is 0 Å². The summed E-state index contributed by atoms with van der Waals surface area (Å²) in [6.07, 6.45) is 4.50. The molecule has 1 aromatic heterocycles. The van der Waals surface area contributed by atoms with Crippen LogP contribution in [0.15, 0.2) is 12.2 Å². The zero-order valence-corrected chi connectivity index (χ0v) is 16.4. The lowest BCUT2D eigenvalue weighted by Crippen LogP contribution is -2.29. The summed E-state index contributed by atoms with van der Waals surface area (Å²) in [5.41, 5.74) is 1.42. The maximum atomic E-state index is 12.4. The van der Waals surface area contributed by atoms with Crippen molar-refractivity contribution in [2.45, 2.75) is 53.1 Å². The normalized spacial score (nSPS) is 17.5. The predicted molar refractivity (Wildman–Crippen MR) is 100 cm³/mol. The van der Waals surface area contributed by atoms with E-state index in [1.54, 1.807) is 19.9 Å². The van der Waals surface area contributed by atoms with Crippen molar-refractivity contribution in [2.75, 3.05) is 11.9 Å². The summed E-state index contributed by atoms with van der Waals surface area (Å²) in [4.78, 5) is 37.5. The first-order valence-electron chi connectivity index (χ1n) is 8.83. The van der Waals surface area contributed by atoms with E-state index >= 15 is 0 Å². The highest BCUT2D eigenvalue weighted by Gasteiger charge is 2.30. The molecule has 2 atom stereocenters. The number of anilines is 1. The number of ether oxygens (including phenoxy) is 2. The lowest BCUT2D eigenvalue weighted by molar-refractivity contribution is -0.148. The van der Waals surface area contributed by atoms with E-state index in [1.807, 2.05) is 0 Å². The number of carbonyl (C=O) groups excluding carboxylic acids is 3. The van der Waals surface area contributed by atoms with Crippen LogP contribution in [0.5, 0.6) is 0 Å². The molecule has 0 saturated heterocycles. The molecule has 1 aromatic rings. The molecule has 6 nitrogen and oxygen atoms in total. The topological polar surface area (TPSA) is 81.7 Å². The van der Waals surface area contributed by atoms with Crippen LogP contribution in [-0.2, 0) is 31.9 Å². The lowest BCUT2D eigenvalue weighted by Gasteiger charge is -2.18. The van der Waals surface area contributed by atoms with Crippen molar-refractivity contribution in [3.8, 4) is 0 Å². The number of hydrogen-bond acceptors (Lipinski definition) is 6. The largest absolute Gasteiger partial charge is 0.462 e. The van der Waals surface area contributed by atoms with E-state index in [2.05, 4.69) is 12.2 Å². The predicted octanol–water partition coefficient (Wildman–Crippen LogP) is 3.50. The van der Waals surface area contributed by atoms with Gasteiger partial charge in [-0.25, -0.2) is 9.59 Å². The number of nitrogens with one attached hydrogen (secondary N) is 1. The zero-order valence-electron chi connectivity index (χ0n) is 15.6. The highest BCUT2D eigenvalue weighted by Crippen LogP contribution is 2.40. The maximum absolute atomic E-state index is 12.4. The monoisotopic (exact) mass is 379 g/mol. The van der Waals surface area contributed by atoms with Crippen LogP contribution in [0.25, 0.3) is 0 Å². The Morgan fingerprint density at radius 3 is 2.77 bits per heavy atom. The van der Waals surface area contributed by atoms with E-state index in [0.29, 0.717) is 16.5 Å². The van der Waals surface area contributed by atoms with Gasteiger partial charge in [-0.1, -0.05) is 13.0 Å². The SMILES string of the molecule is C/C=C/C(=O)O[C@@H](C)C(=O)Nc1sc2c(c1C(=O)OCC)CC[C@@H](C)C2. The second-order valence-electron chi connectivity index (χ2n) is 6.34. The number of rotatable bonds is 6. The van der Waals surface area contributed by atoms with Gasteiger partial charge in [0.25, 0.3) is 5.91 Å². The van der Waals surface area contributed by atoms with Gasteiger partial charge in [0.15, 0.2) is 6.10 Å². The molecule has 26 heavy (non-hydrogen) atoms.